The molecule has 16 heavy (non-hydrogen) atoms. The lowest BCUT2D eigenvalue weighted by Gasteiger charge is -1.96. The van der Waals surface area contributed by atoms with Crippen LogP contribution >= 0.6 is 0 Å². The summed E-state index contributed by atoms with van der Waals surface area (Å²) in [5, 5.41) is 16.8. The molecule has 0 fully saturated rings. The Bertz CT molecular complexity index is 233. The summed E-state index contributed by atoms with van der Waals surface area (Å²) < 4.78 is 0. The quantitative estimate of drug-likeness (QED) is 0.445. The van der Waals surface area contributed by atoms with Crippen molar-refractivity contribution in [2.45, 2.75) is 51.4 Å². The number of unbranched alkanes of at least 4 members (excludes halogenated alkanes) is 4. The highest BCUT2D eigenvalue weighted by Gasteiger charge is 1.95. The molecule has 0 aromatic carbocycles. The lowest BCUT2D eigenvalue weighted by molar-refractivity contribution is -0.138. The van der Waals surface area contributed by atoms with Crippen molar-refractivity contribution in [3.05, 3.63) is 12.2 Å². The molecule has 0 aliphatic carbocycles. The Labute approximate surface area is 96.0 Å². The molecular weight excluding hydrogens is 208 g/mol. The second-order valence-corrected chi connectivity index (χ2v) is 3.75. The first-order valence-electron chi connectivity index (χ1n) is 5.71. The molecule has 0 heterocycles. The van der Waals surface area contributed by atoms with E-state index in [-0.39, 0.29) is 12.8 Å². The standard InChI is InChI=1S/C12H20O4/c13-11(14)9-7-5-3-1-2-4-6-8-10-12(15)16/h3,5H,1-2,4,6-10H2,(H,13,14)(H,15,16). The number of carboxylic acids is 2. The number of carbonyl (C=O) groups is 2. The van der Waals surface area contributed by atoms with Gasteiger partial charge in [-0.2, -0.15) is 0 Å². The number of hydrogen-bond donors (Lipinski definition) is 2. The van der Waals surface area contributed by atoms with E-state index in [1.165, 1.54) is 0 Å². The number of aliphatic carboxylic acids is 2. The van der Waals surface area contributed by atoms with Crippen LogP contribution in [-0.4, -0.2) is 22.2 Å². The zero-order valence-electron chi connectivity index (χ0n) is 9.52. The van der Waals surface area contributed by atoms with Crippen molar-refractivity contribution in [2.75, 3.05) is 0 Å². The Hall–Kier alpha value is -1.32. The highest BCUT2D eigenvalue weighted by Crippen LogP contribution is 2.06. The summed E-state index contributed by atoms with van der Waals surface area (Å²) in [5.41, 5.74) is 0. The van der Waals surface area contributed by atoms with Gasteiger partial charge < -0.3 is 10.2 Å². The van der Waals surface area contributed by atoms with Gasteiger partial charge in [-0.05, 0) is 25.7 Å². The van der Waals surface area contributed by atoms with Gasteiger partial charge in [-0.25, -0.2) is 0 Å². The summed E-state index contributed by atoms with van der Waals surface area (Å²) in [6.45, 7) is 0. The van der Waals surface area contributed by atoms with E-state index < -0.39 is 11.9 Å². The van der Waals surface area contributed by atoms with Crippen LogP contribution in [0.25, 0.3) is 0 Å². The second-order valence-electron chi connectivity index (χ2n) is 3.75. The van der Waals surface area contributed by atoms with Crippen LogP contribution in [0.15, 0.2) is 12.2 Å². The fourth-order valence-corrected chi connectivity index (χ4v) is 1.33. The first kappa shape index (κ1) is 14.7. The maximum Gasteiger partial charge on any atom is 0.303 e. The Morgan fingerprint density at radius 3 is 1.94 bits per heavy atom. The molecule has 0 radical (unpaired) electrons. The van der Waals surface area contributed by atoms with Crippen molar-refractivity contribution in [3.8, 4) is 0 Å². The van der Waals surface area contributed by atoms with Crippen LogP contribution in [0, 0.1) is 0 Å². The lowest BCUT2D eigenvalue weighted by Crippen LogP contribution is -1.93. The summed E-state index contributed by atoms with van der Waals surface area (Å²) in [6.07, 6.45) is 9.67. The summed E-state index contributed by atoms with van der Waals surface area (Å²) >= 11 is 0. The van der Waals surface area contributed by atoms with E-state index in [1.54, 1.807) is 0 Å². The summed E-state index contributed by atoms with van der Waals surface area (Å²) in [4.78, 5) is 20.4. The maximum atomic E-state index is 10.2. The molecule has 0 rings (SSSR count). The minimum absolute atomic E-state index is 0.190. The maximum absolute atomic E-state index is 10.2. The third-order valence-electron chi connectivity index (χ3n) is 2.20. The monoisotopic (exact) mass is 228 g/mol. The average molecular weight is 228 g/mol. The molecule has 0 aliphatic heterocycles. The van der Waals surface area contributed by atoms with E-state index in [1.807, 2.05) is 12.2 Å². The Morgan fingerprint density at radius 2 is 1.31 bits per heavy atom. The van der Waals surface area contributed by atoms with Gasteiger partial charge in [0, 0.05) is 12.8 Å². The Morgan fingerprint density at radius 1 is 0.750 bits per heavy atom. The second kappa shape index (κ2) is 10.2. The van der Waals surface area contributed by atoms with Crippen molar-refractivity contribution in [1.29, 1.82) is 0 Å². The molecule has 2 N–H and O–H groups in total. The first-order chi connectivity index (χ1) is 7.63. The van der Waals surface area contributed by atoms with Crippen molar-refractivity contribution in [3.63, 3.8) is 0 Å². The molecule has 0 amide bonds. The zero-order valence-corrected chi connectivity index (χ0v) is 9.52. The van der Waals surface area contributed by atoms with Crippen LogP contribution in [-0.2, 0) is 9.59 Å². The van der Waals surface area contributed by atoms with Gasteiger partial charge >= 0.3 is 11.9 Å². The minimum atomic E-state index is -0.765. The normalized spacial score (nSPS) is 10.8. The van der Waals surface area contributed by atoms with Gasteiger partial charge in [0.15, 0.2) is 0 Å². The first-order valence-corrected chi connectivity index (χ1v) is 5.71. The predicted molar refractivity (Wildman–Crippen MR) is 61.3 cm³/mol. The molecule has 0 saturated heterocycles. The van der Waals surface area contributed by atoms with Crippen LogP contribution in [0.4, 0.5) is 0 Å². The van der Waals surface area contributed by atoms with E-state index in [0.717, 1.165) is 32.1 Å². The lowest BCUT2D eigenvalue weighted by atomic mass is 10.1. The number of allylic oxidation sites excluding steroid dienone is 2. The van der Waals surface area contributed by atoms with Crippen LogP contribution in [0.1, 0.15) is 51.4 Å². The highest BCUT2D eigenvalue weighted by atomic mass is 16.4. The van der Waals surface area contributed by atoms with E-state index in [0.29, 0.717) is 6.42 Å². The van der Waals surface area contributed by atoms with E-state index in [4.69, 9.17) is 10.2 Å². The van der Waals surface area contributed by atoms with Gasteiger partial charge in [0.1, 0.15) is 0 Å². The van der Waals surface area contributed by atoms with Crippen LogP contribution < -0.4 is 0 Å². The minimum Gasteiger partial charge on any atom is -0.481 e. The van der Waals surface area contributed by atoms with Crippen molar-refractivity contribution < 1.29 is 19.8 Å². The van der Waals surface area contributed by atoms with Crippen LogP contribution in [0.5, 0.6) is 0 Å². The highest BCUT2D eigenvalue weighted by molar-refractivity contribution is 5.66. The van der Waals surface area contributed by atoms with Crippen molar-refractivity contribution in [1.82, 2.24) is 0 Å². The molecule has 0 spiro atoms. The molecule has 0 aromatic heterocycles. The third-order valence-corrected chi connectivity index (χ3v) is 2.20. The van der Waals surface area contributed by atoms with Gasteiger partial charge in [-0.15, -0.1) is 0 Å². The number of carboxylic acid groups (broad SMARTS) is 2. The van der Waals surface area contributed by atoms with E-state index in [9.17, 15) is 9.59 Å². The van der Waals surface area contributed by atoms with Crippen LogP contribution in [0.2, 0.25) is 0 Å². The third kappa shape index (κ3) is 12.7. The molecule has 0 aliphatic rings. The molecule has 0 aromatic rings. The number of rotatable bonds is 10. The number of hydrogen-bond acceptors (Lipinski definition) is 2. The van der Waals surface area contributed by atoms with E-state index in [2.05, 4.69) is 0 Å². The average Bonchev–Trinajstić information content (AvgIpc) is 2.20. The summed E-state index contributed by atoms with van der Waals surface area (Å²) in [7, 11) is 0. The van der Waals surface area contributed by atoms with Gasteiger partial charge in [-0.3, -0.25) is 9.59 Å². The van der Waals surface area contributed by atoms with Gasteiger partial charge in [0.05, 0.1) is 0 Å². The SMILES string of the molecule is O=C(O)CCC=CCCCCCCC(=O)O. The van der Waals surface area contributed by atoms with Crippen molar-refractivity contribution in [2.24, 2.45) is 0 Å². The van der Waals surface area contributed by atoms with Gasteiger partial charge in [0.2, 0.25) is 0 Å². The zero-order chi connectivity index (χ0) is 12.2. The predicted octanol–water partition coefficient (Wildman–Crippen LogP) is 2.83. The molecule has 0 bridgehead atoms. The Kier molecular flexibility index (Phi) is 9.36. The van der Waals surface area contributed by atoms with Crippen LogP contribution in [0.3, 0.4) is 0 Å². The molecule has 0 saturated carbocycles. The summed E-state index contributed by atoms with van der Waals surface area (Å²) in [5.74, 6) is -1.49. The fraction of sp³-hybridized carbons (Fsp3) is 0.667. The smallest absolute Gasteiger partial charge is 0.303 e. The molecule has 92 valence electrons. The molecule has 4 nitrogen and oxygen atoms in total. The molecule has 0 atom stereocenters. The van der Waals surface area contributed by atoms with Crippen molar-refractivity contribution >= 4 is 11.9 Å². The molecule has 4 heteroatoms. The Balaban J connectivity index is 3.14. The fourth-order valence-electron chi connectivity index (χ4n) is 1.33. The largest absolute Gasteiger partial charge is 0.481 e. The molecular formula is C12H20O4. The van der Waals surface area contributed by atoms with Gasteiger partial charge in [0.25, 0.3) is 0 Å². The molecule has 0 unspecified atom stereocenters. The summed E-state index contributed by atoms with van der Waals surface area (Å²) in [6, 6.07) is 0. The van der Waals surface area contributed by atoms with Gasteiger partial charge in [-0.1, -0.05) is 25.0 Å². The topological polar surface area (TPSA) is 74.6 Å². The van der Waals surface area contributed by atoms with E-state index >= 15 is 0 Å².